The summed E-state index contributed by atoms with van der Waals surface area (Å²) in [5.74, 6) is -0.00492. The van der Waals surface area contributed by atoms with Crippen molar-refractivity contribution in [3.8, 4) is 11.5 Å². The van der Waals surface area contributed by atoms with E-state index in [4.69, 9.17) is 9.47 Å². The molecule has 0 bridgehead atoms. The number of ether oxygens (including phenoxy) is 2. The fourth-order valence-corrected chi connectivity index (χ4v) is 4.64. The highest BCUT2D eigenvalue weighted by Crippen LogP contribution is 2.36. The van der Waals surface area contributed by atoms with Gasteiger partial charge in [0.25, 0.3) is 5.91 Å². The Balaban J connectivity index is 1.55. The molecule has 0 spiro atoms. The molecule has 184 valence electrons. The average molecular weight is 503 g/mol. The Morgan fingerprint density at radius 3 is 2.56 bits per heavy atom. The number of aromatic carboxylic acids is 1. The number of benzene rings is 3. The molecule has 1 heterocycles. The minimum atomic E-state index is -1.03. The van der Waals surface area contributed by atoms with Crippen molar-refractivity contribution in [3.63, 3.8) is 0 Å². The summed E-state index contributed by atoms with van der Waals surface area (Å²) in [6.07, 6.45) is 1.79. The third kappa shape index (κ3) is 5.78. The number of amides is 1. The highest BCUT2D eigenvalue weighted by Gasteiger charge is 2.32. The summed E-state index contributed by atoms with van der Waals surface area (Å²) >= 11 is 1.25. The Labute approximate surface area is 214 Å². The van der Waals surface area contributed by atoms with Crippen molar-refractivity contribution in [2.45, 2.75) is 20.5 Å². The van der Waals surface area contributed by atoms with Crippen molar-refractivity contribution in [2.75, 3.05) is 13.7 Å². The number of hydrogen-bond acceptors (Lipinski definition) is 6. The van der Waals surface area contributed by atoms with Crippen LogP contribution in [0.3, 0.4) is 0 Å². The van der Waals surface area contributed by atoms with Gasteiger partial charge in [0.1, 0.15) is 6.61 Å². The van der Waals surface area contributed by atoms with Gasteiger partial charge in [0, 0.05) is 6.54 Å². The van der Waals surface area contributed by atoms with Gasteiger partial charge in [-0.15, -0.1) is 0 Å². The molecule has 3 aromatic rings. The number of carbonyl (C=O) groups excluding carboxylic acids is 1. The number of rotatable bonds is 8. The molecule has 1 amide bonds. The summed E-state index contributed by atoms with van der Waals surface area (Å²) in [5.41, 5.74) is 3.65. The third-order valence-electron chi connectivity index (χ3n) is 5.52. The summed E-state index contributed by atoms with van der Waals surface area (Å²) in [4.78, 5) is 30.9. The maximum atomic E-state index is 13.0. The molecule has 0 aliphatic carbocycles. The maximum Gasteiger partial charge on any atom is 0.335 e. The van der Waals surface area contributed by atoms with Gasteiger partial charge in [-0.05, 0) is 73.1 Å². The summed E-state index contributed by atoms with van der Waals surface area (Å²) in [7, 11) is 1.58. The molecular weight excluding hydrogens is 476 g/mol. The van der Waals surface area contributed by atoms with Gasteiger partial charge < -0.3 is 14.6 Å². The van der Waals surface area contributed by atoms with Gasteiger partial charge >= 0.3 is 5.97 Å². The zero-order valence-electron chi connectivity index (χ0n) is 20.2. The summed E-state index contributed by atoms with van der Waals surface area (Å²) in [6.45, 7) is 4.77. The van der Waals surface area contributed by atoms with Crippen molar-refractivity contribution >= 4 is 40.6 Å². The first-order valence-corrected chi connectivity index (χ1v) is 12.2. The molecule has 0 saturated carbocycles. The quantitative estimate of drug-likeness (QED) is 0.386. The number of nitrogens with zero attached hydrogens (tertiary/aromatic N) is 2. The minimum absolute atomic E-state index is 0.141. The number of carboxylic acid groups (broad SMARTS) is 1. The van der Waals surface area contributed by atoms with Crippen LogP contribution in [0.4, 0.5) is 5.69 Å². The fraction of sp³-hybridized carbons (Fsp3) is 0.179. The lowest BCUT2D eigenvalue weighted by atomic mass is 10.1. The van der Waals surface area contributed by atoms with Crippen molar-refractivity contribution < 1.29 is 24.2 Å². The molecule has 0 unspecified atom stereocenters. The number of aliphatic imine (C=N–C) groups is 1. The van der Waals surface area contributed by atoms with E-state index in [0.29, 0.717) is 40.4 Å². The zero-order chi connectivity index (χ0) is 25.7. The van der Waals surface area contributed by atoms with Gasteiger partial charge in [-0.25, -0.2) is 9.79 Å². The Bertz CT molecular complexity index is 1350. The Morgan fingerprint density at radius 1 is 1.08 bits per heavy atom. The van der Waals surface area contributed by atoms with Crippen molar-refractivity contribution in [1.82, 2.24) is 4.90 Å². The van der Waals surface area contributed by atoms with Crippen molar-refractivity contribution in [2.24, 2.45) is 4.99 Å². The number of carbonyl (C=O) groups is 2. The van der Waals surface area contributed by atoms with Gasteiger partial charge in [0.15, 0.2) is 16.7 Å². The molecule has 1 fully saturated rings. The molecule has 1 aliphatic rings. The molecule has 4 rings (SSSR count). The van der Waals surface area contributed by atoms with Gasteiger partial charge in [-0.2, -0.15) is 0 Å². The zero-order valence-corrected chi connectivity index (χ0v) is 21.0. The molecule has 0 aromatic heterocycles. The maximum absolute atomic E-state index is 13.0. The number of hydrogen-bond donors (Lipinski definition) is 1. The number of thioether (sulfide) groups is 1. The Kier molecular flexibility index (Phi) is 7.75. The largest absolute Gasteiger partial charge is 0.493 e. The van der Waals surface area contributed by atoms with Crippen LogP contribution in [0, 0.1) is 6.92 Å². The summed E-state index contributed by atoms with van der Waals surface area (Å²) in [6, 6.07) is 20.0. The Morgan fingerprint density at radius 2 is 1.86 bits per heavy atom. The minimum Gasteiger partial charge on any atom is -0.493 e. The molecular formula is C28H26N2O5S. The van der Waals surface area contributed by atoms with Gasteiger partial charge in [0.2, 0.25) is 0 Å². The molecule has 1 aliphatic heterocycles. The van der Waals surface area contributed by atoms with E-state index in [1.165, 1.54) is 29.5 Å². The lowest BCUT2D eigenvalue weighted by Crippen LogP contribution is -2.28. The molecule has 7 nitrogen and oxygen atoms in total. The van der Waals surface area contributed by atoms with E-state index in [-0.39, 0.29) is 11.5 Å². The van der Waals surface area contributed by atoms with E-state index in [1.807, 2.05) is 56.3 Å². The van der Waals surface area contributed by atoms with Crippen molar-refractivity contribution in [1.29, 1.82) is 0 Å². The summed E-state index contributed by atoms with van der Waals surface area (Å²) in [5, 5.41) is 9.74. The first kappa shape index (κ1) is 25.1. The van der Waals surface area contributed by atoms with E-state index >= 15 is 0 Å². The fourth-order valence-electron chi connectivity index (χ4n) is 3.58. The highest BCUT2D eigenvalue weighted by atomic mass is 32.2. The first-order valence-electron chi connectivity index (χ1n) is 11.4. The van der Waals surface area contributed by atoms with Crippen LogP contribution in [0.5, 0.6) is 11.5 Å². The average Bonchev–Trinajstić information content (AvgIpc) is 3.17. The molecule has 36 heavy (non-hydrogen) atoms. The molecule has 8 heteroatoms. The SMILES string of the molecule is CCN1C(=O)/C(=C/c2ccc(OCc3ccc(C)cc3)c(OC)c2)SC1=Nc1cccc(C(=O)O)c1. The van der Waals surface area contributed by atoms with Gasteiger partial charge in [-0.1, -0.05) is 42.0 Å². The van der Waals surface area contributed by atoms with Crippen molar-refractivity contribution in [3.05, 3.63) is 93.9 Å². The highest BCUT2D eigenvalue weighted by molar-refractivity contribution is 8.18. The number of carboxylic acids is 1. The standard InChI is InChI=1S/C28H26N2O5S/c1-4-30-26(31)25(36-28(30)29-22-7-5-6-21(16-22)27(32)33)15-20-12-13-23(24(14-20)34-3)35-17-19-10-8-18(2)9-11-19/h5-16H,4,17H2,1-3H3,(H,32,33)/b25-15-,29-28?. The van der Waals surface area contributed by atoms with E-state index in [0.717, 1.165) is 11.1 Å². The normalized spacial score (nSPS) is 15.5. The lowest BCUT2D eigenvalue weighted by molar-refractivity contribution is -0.122. The van der Waals surface area contributed by atoms with E-state index in [1.54, 1.807) is 30.2 Å². The van der Waals surface area contributed by atoms with Crippen LogP contribution in [-0.2, 0) is 11.4 Å². The van der Waals surface area contributed by atoms with Crippen LogP contribution in [0.15, 0.2) is 76.6 Å². The van der Waals surface area contributed by atoms with Crippen LogP contribution < -0.4 is 9.47 Å². The van der Waals surface area contributed by atoms with E-state index in [9.17, 15) is 14.7 Å². The second-order valence-corrected chi connectivity index (χ2v) is 9.10. The van der Waals surface area contributed by atoms with Gasteiger partial charge in [-0.3, -0.25) is 9.69 Å². The van der Waals surface area contributed by atoms with Crippen LogP contribution in [-0.4, -0.2) is 40.7 Å². The predicted molar refractivity (Wildman–Crippen MR) is 142 cm³/mol. The predicted octanol–water partition coefficient (Wildman–Crippen LogP) is 5.90. The second kappa shape index (κ2) is 11.1. The first-order chi connectivity index (χ1) is 17.4. The number of aryl methyl sites for hydroxylation is 1. The number of methoxy groups -OCH3 is 1. The third-order valence-corrected chi connectivity index (χ3v) is 6.53. The molecule has 1 saturated heterocycles. The summed E-state index contributed by atoms with van der Waals surface area (Å²) < 4.78 is 11.5. The van der Waals surface area contributed by atoms with Crippen LogP contribution in [0.25, 0.3) is 6.08 Å². The molecule has 1 N–H and O–H groups in total. The van der Waals surface area contributed by atoms with Crippen LogP contribution in [0.2, 0.25) is 0 Å². The molecule has 0 radical (unpaired) electrons. The lowest BCUT2D eigenvalue weighted by Gasteiger charge is -2.12. The number of amidine groups is 1. The van der Waals surface area contributed by atoms with Gasteiger partial charge in [0.05, 0.1) is 23.3 Å². The molecule has 3 aromatic carbocycles. The smallest absolute Gasteiger partial charge is 0.335 e. The monoisotopic (exact) mass is 502 g/mol. The topological polar surface area (TPSA) is 88.4 Å². The number of likely N-dealkylation sites (N-methyl/N-ethyl adjacent to an activating group) is 1. The molecule has 0 atom stereocenters. The van der Waals surface area contributed by atoms with Crippen LogP contribution in [0.1, 0.15) is 34.0 Å². The Hall–Kier alpha value is -4.04. The van der Waals surface area contributed by atoms with E-state index in [2.05, 4.69) is 4.99 Å². The van der Waals surface area contributed by atoms with Crippen LogP contribution >= 0.6 is 11.8 Å². The second-order valence-electron chi connectivity index (χ2n) is 8.09. The van der Waals surface area contributed by atoms with E-state index < -0.39 is 5.97 Å².